The van der Waals surface area contributed by atoms with E-state index < -0.39 is 0 Å². The van der Waals surface area contributed by atoms with Gasteiger partial charge in [-0.3, -0.25) is 4.79 Å². The fourth-order valence-electron chi connectivity index (χ4n) is 4.04. The number of amides is 1. The van der Waals surface area contributed by atoms with Gasteiger partial charge in [-0.05, 0) is 25.5 Å². The number of aromatic amines is 1. The monoisotopic (exact) mass is 421 g/mol. The van der Waals surface area contributed by atoms with Crippen LogP contribution in [-0.4, -0.2) is 17.4 Å². The van der Waals surface area contributed by atoms with Crippen molar-refractivity contribution in [1.29, 1.82) is 5.26 Å². The molecule has 0 radical (unpaired) electrons. The molecule has 2 rings (SSSR count). The van der Waals surface area contributed by atoms with Gasteiger partial charge in [0, 0.05) is 28.7 Å². The van der Waals surface area contributed by atoms with Gasteiger partial charge in [-0.2, -0.15) is 5.26 Å². The van der Waals surface area contributed by atoms with Gasteiger partial charge in [0.05, 0.1) is 0 Å². The van der Waals surface area contributed by atoms with Gasteiger partial charge >= 0.3 is 0 Å². The first-order valence-electron chi connectivity index (χ1n) is 12.1. The van der Waals surface area contributed by atoms with E-state index in [-0.39, 0.29) is 11.5 Å². The molecular weight excluding hydrogens is 382 g/mol. The SMILES string of the molecule is CCCCCCCCCCCCCCNC(=O)/C(C#N)=C/c1c(C)[nH]c2ccccc12. The molecule has 1 aromatic carbocycles. The normalized spacial score (nSPS) is 11.6. The van der Waals surface area contributed by atoms with Crippen LogP contribution >= 0.6 is 0 Å². The van der Waals surface area contributed by atoms with E-state index in [1.807, 2.05) is 31.2 Å². The Balaban J connectivity index is 1.63. The van der Waals surface area contributed by atoms with Crippen molar-refractivity contribution >= 4 is 22.9 Å². The minimum absolute atomic E-state index is 0.159. The van der Waals surface area contributed by atoms with Gasteiger partial charge in [0.1, 0.15) is 11.6 Å². The second-order valence-electron chi connectivity index (χ2n) is 8.52. The fourth-order valence-corrected chi connectivity index (χ4v) is 4.04. The maximum Gasteiger partial charge on any atom is 0.261 e. The highest BCUT2D eigenvalue weighted by molar-refractivity contribution is 6.04. The molecule has 1 aromatic heterocycles. The molecule has 0 saturated heterocycles. The molecular formula is C27H39N3O. The lowest BCUT2D eigenvalue weighted by atomic mass is 10.1. The number of unbranched alkanes of at least 4 members (excludes halogenated alkanes) is 11. The Kier molecular flexibility index (Phi) is 11.5. The van der Waals surface area contributed by atoms with Gasteiger partial charge in [-0.15, -0.1) is 0 Å². The maximum atomic E-state index is 12.4. The summed E-state index contributed by atoms with van der Waals surface area (Å²) in [4.78, 5) is 15.7. The first kappa shape index (κ1) is 24.7. The van der Waals surface area contributed by atoms with Crippen LogP contribution in [-0.2, 0) is 4.79 Å². The Labute approximate surface area is 188 Å². The van der Waals surface area contributed by atoms with E-state index in [0.29, 0.717) is 6.54 Å². The second-order valence-corrected chi connectivity index (χ2v) is 8.52. The summed E-state index contributed by atoms with van der Waals surface area (Å²) in [7, 11) is 0. The Bertz CT molecular complexity index is 872. The molecule has 0 aliphatic heterocycles. The molecule has 2 aromatic rings. The number of hydrogen-bond donors (Lipinski definition) is 2. The van der Waals surface area contributed by atoms with E-state index in [1.165, 1.54) is 64.2 Å². The van der Waals surface area contributed by atoms with Crippen molar-refractivity contribution in [3.8, 4) is 6.07 Å². The van der Waals surface area contributed by atoms with E-state index in [4.69, 9.17) is 0 Å². The summed E-state index contributed by atoms with van der Waals surface area (Å²) in [6.45, 7) is 4.85. The highest BCUT2D eigenvalue weighted by Crippen LogP contribution is 2.24. The summed E-state index contributed by atoms with van der Waals surface area (Å²) in [5.74, 6) is -0.282. The van der Waals surface area contributed by atoms with Crippen molar-refractivity contribution in [2.75, 3.05) is 6.54 Å². The lowest BCUT2D eigenvalue weighted by Crippen LogP contribution is -2.25. The molecule has 0 aliphatic rings. The van der Waals surface area contributed by atoms with Crippen LogP contribution in [0.25, 0.3) is 17.0 Å². The number of aryl methyl sites for hydroxylation is 1. The van der Waals surface area contributed by atoms with Gasteiger partial charge in [0.25, 0.3) is 5.91 Å². The van der Waals surface area contributed by atoms with Gasteiger partial charge < -0.3 is 10.3 Å². The van der Waals surface area contributed by atoms with Gasteiger partial charge in [0.2, 0.25) is 0 Å². The number of fused-ring (bicyclic) bond motifs is 1. The molecule has 0 unspecified atom stereocenters. The zero-order valence-electron chi connectivity index (χ0n) is 19.4. The molecule has 1 amide bonds. The number of H-pyrrole nitrogens is 1. The quantitative estimate of drug-likeness (QED) is 0.181. The smallest absolute Gasteiger partial charge is 0.261 e. The van der Waals surface area contributed by atoms with Crippen LogP contribution in [0.15, 0.2) is 29.8 Å². The largest absolute Gasteiger partial charge is 0.358 e. The van der Waals surface area contributed by atoms with E-state index in [9.17, 15) is 10.1 Å². The molecule has 0 spiro atoms. The highest BCUT2D eigenvalue weighted by atomic mass is 16.1. The van der Waals surface area contributed by atoms with Gasteiger partial charge in [-0.25, -0.2) is 0 Å². The van der Waals surface area contributed by atoms with E-state index >= 15 is 0 Å². The third kappa shape index (κ3) is 8.61. The van der Waals surface area contributed by atoms with E-state index in [1.54, 1.807) is 6.08 Å². The van der Waals surface area contributed by atoms with Crippen LogP contribution in [0.1, 0.15) is 95.2 Å². The first-order chi connectivity index (χ1) is 15.2. The van der Waals surface area contributed by atoms with Crippen molar-refractivity contribution in [3.05, 3.63) is 41.1 Å². The Hall–Kier alpha value is -2.54. The summed E-state index contributed by atoms with van der Waals surface area (Å²) in [5, 5.41) is 13.4. The summed E-state index contributed by atoms with van der Waals surface area (Å²) < 4.78 is 0. The zero-order chi connectivity index (χ0) is 22.3. The first-order valence-corrected chi connectivity index (χ1v) is 12.1. The van der Waals surface area contributed by atoms with Crippen molar-refractivity contribution in [1.82, 2.24) is 10.3 Å². The maximum absolute atomic E-state index is 12.4. The predicted molar refractivity (Wildman–Crippen MR) is 131 cm³/mol. The summed E-state index contributed by atoms with van der Waals surface area (Å²) in [6, 6.07) is 10.0. The number of carbonyl (C=O) groups is 1. The third-order valence-electron chi connectivity index (χ3n) is 5.91. The summed E-state index contributed by atoms with van der Waals surface area (Å²) in [5.41, 5.74) is 3.04. The molecule has 0 bridgehead atoms. The van der Waals surface area contributed by atoms with Crippen molar-refractivity contribution < 1.29 is 4.79 Å². The average Bonchev–Trinajstić information content (AvgIpc) is 3.09. The number of aromatic nitrogens is 1. The average molecular weight is 422 g/mol. The predicted octanol–water partition coefficient (Wildman–Crippen LogP) is 7.20. The topological polar surface area (TPSA) is 68.7 Å². The van der Waals surface area contributed by atoms with Crippen LogP contribution in [0.4, 0.5) is 0 Å². The third-order valence-corrected chi connectivity index (χ3v) is 5.91. The van der Waals surface area contributed by atoms with Crippen molar-refractivity contribution in [3.63, 3.8) is 0 Å². The van der Waals surface area contributed by atoms with Crippen LogP contribution in [0.2, 0.25) is 0 Å². The van der Waals surface area contributed by atoms with Gasteiger partial charge in [-0.1, -0.05) is 95.8 Å². The summed E-state index contributed by atoms with van der Waals surface area (Å²) in [6.07, 6.45) is 17.2. The molecule has 0 atom stereocenters. The number of carbonyl (C=O) groups excluding carboxylic acids is 1. The standard InChI is InChI=1S/C27H39N3O/c1-3-4-5-6-7-8-9-10-11-12-13-16-19-29-27(31)23(21-28)20-25-22(2)30-26-18-15-14-17-24(25)26/h14-15,17-18,20,30H,3-13,16,19H2,1-2H3,(H,29,31)/b23-20+. The Morgan fingerprint density at radius 1 is 0.968 bits per heavy atom. The number of rotatable bonds is 15. The Morgan fingerprint density at radius 3 is 2.16 bits per heavy atom. The number of benzene rings is 1. The molecule has 0 saturated carbocycles. The Morgan fingerprint density at radius 2 is 1.55 bits per heavy atom. The van der Waals surface area contributed by atoms with Crippen LogP contribution in [0, 0.1) is 18.3 Å². The van der Waals surface area contributed by atoms with Crippen LogP contribution in [0.5, 0.6) is 0 Å². The molecule has 1 heterocycles. The number of hydrogen-bond acceptors (Lipinski definition) is 2. The van der Waals surface area contributed by atoms with E-state index in [0.717, 1.165) is 35.0 Å². The summed E-state index contributed by atoms with van der Waals surface area (Å²) >= 11 is 0. The van der Waals surface area contributed by atoms with E-state index in [2.05, 4.69) is 23.3 Å². The molecule has 2 N–H and O–H groups in total. The fraction of sp³-hybridized carbons (Fsp3) is 0.556. The molecule has 4 heteroatoms. The minimum Gasteiger partial charge on any atom is -0.358 e. The minimum atomic E-state index is -0.282. The van der Waals surface area contributed by atoms with Crippen LogP contribution in [0.3, 0.4) is 0 Å². The molecule has 168 valence electrons. The van der Waals surface area contributed by atoms with Crippen LogP contribution < -0.4 is 5.32 Å². The molecule has 0 fully saturated rings. The lowest BCUT2D eigenvalue weighted by molar-refractivity contribution is -0.117. The van der Waals surface area contributed by atoms with Crippen molar-refractivity contribution in [2.45, 2.75) is 90.9 Å². The lowest BCUT2D eigenvalue weighted by Gasteiger charge is -2.05. The van der Waals surface area contributed by atoms with Crippen molar-refractivity contribution in [2.24, 2.45) is 0 Å². The van der Waals surface area contributed by atoms with Gasteiger partial charge in [0.15, 0.2) is 0 Å². The molecule has 31 heavy (non-hydrogen) atoms. The highest BCUT2D eigenvalue weighted by Gasteiger charge is 2.12. The zero-order valence-corrected chi connectivity index (χ0v) is 19.4. The number of nitrogens with zero attached hydrogens (tertiary/aromatic N) is 1. The number of nitriles is 1. The number of para-hydroxylation sites is 1. The second kappa shape index (κ2) is 14.5. The molecule has 0 aliphatic carbocycles. The number of nitrogens with one attached hydrogen (secondary N) is 2. The molecule has 4 nitrogen and oxygen atoms in total.